The van der Waals surface area contributed by atoms with Crippen LogP contribution in [0.5, 0.6) is 0 Å². The molecule has 5 heterocycles. The maximum Gasteiger partial charge on any atom is 1.00 e. The molecule has 0 bridgehead atoms. The van der Waals surface area contributed by atoms with Gasteiger partial charge in [-0.25, -0.2) is 9.59 Å². The summed E-state index contributed by atoms with van der Waals surface area (Å²) in [5, 5.41) is 44.9. The molecule has 6 rings (SSSR count). The molecule has 2 spiro atoms. The van der Waals surface area contributed by atoms with Crippen LogP contribution in [0.4, 0.5) is 0 Å². The van der Waals surface area contributed by atoms with Crippen LogP contribution >= 0.6 is 0 Å². The van der Waals surface area contributed by atoms with Gasteiger partial charge in [0.1, 0.15) is 5.78 Å². The molecular weight excluding hydrogens is 864 g/mol. The number of aliphatic hydroxyl groups is 2. The van der Waals surface area contributed by atoms with E-state index in [-0.39, 0.29) is 92.5 Å². The van der Waals surface area contributed by atoms with Crippen molar-refractivity contribution in [1.82, 2.24) is 0 Å². The van der Waals surface area contributed by atoms with E-state index in [4.69, 9.17) is 28.4 Å². The van der Waals surface area contributed by atoms with E-state index in [0.29, 0.717) is 51.4 Å². The van der Waals surface area contributed by atoms with E-state index in [2.05, 4.69) is 0 Å². The van der Waals surface area contributed by atoms with Gasteiger partial charge in [-0.1, -0.05) is 67.5 Å². The number of hydrogen-bond donors (Lipinski definition) is 3. The summed E-state index contributed by atoms with van der Waals surface area (Å²) < 4.78 is 40.4. The summed E-state index contributed by atoms with van der Waals surface area (Å²) in [6.07, 6.45) is 3.58. The quantitative estimate of drug-likeness (QED) is 0.131. The molecule has 0 amide bonds. The molecule has 0 unspecified atom stereocenters. The molecule has 0 saturated carbocycles. The molecule has 4 fully saturated rings. The molecular formula is C50H73KO14. The van der Waals surface area contributed by atoms with Crippen LogP contribution in [-0.4, -0.2) is 105 Å². The third kappa shape index (κ3) is 10.8. The largest absolute Gasteiger partial charge is 1.00 e. The van der Waals surface area contributed by atoms with Gasteiger partial charge in [0, 0.05) is 42.0 Å². The third-order valence-corrected chi connectivity index (χ3v) is 16.0. The third-order valence-electron chi connectivity index (χ3n) is 16.0. The predicted molar refractivity (Wildman–Crippen MR) is 233 cm³/mol. The molecule has 358 valence electrons. The van der Waals surface area contributed by atoms with Crippen LogP contribution in [0.15, 0.2) is 36.4 Å². The summed E-state index contributed by atoms with van der Waals surface area (Å²) in [6, 6.07) is 5.84. The fourth-order valence-corrected chi connectivity index (χ4v) is 11.6. The normalized spacial score (nSPS) is 39.4. The Bertz CT molecular complexity index is 1890. The molecule has 1 aromatic rings. The Kier molecular flexibility index (Phi) is 18.0. The SMILES string of the molecule is CC[C@@H](C(=O)[C@@H](C)[C@@H](O)[C@H](C)[C@@H]1O[C@@H]([C@@H](CC)C(=O)[O-])CC[C@@H]1C)[C@H]1O[C@]2(C=C[C@@H](OC(=O)c3ccccc3C(=O)O)[C@]3(CC[C@@](C)([C@H]4CC[C@](O)(CC)[C@H](C)O4)O3)O2)[C@H](C)C[C@@H]1C.[K+]. The zero-order valence-corrected chi connectivity index (χ0v) is 43.6. The number of Topliss-reactive ketones (excluding diaryl/α,β-unsaturated/α-hetero) is 1. The summed E-state index contributed by atoms with van der Waals surface area (Å²) in [7, 11) is 0. The smallest absolute Gasteiger partial charge is 0.550 e. The van der Waals surface area contributed by atoms with Gasteiger partial charge >= 0.3 is 63.3 Å². The fourth-order valence-electron chi connectivity index (χ4n) is 11.6. The monoisotopic (exact) mass is 936 g/mol. The van der Waals surface area contributed by atoms with Crippen molar-refractivity contribution in [3.8, 4) is 0 Å². The summed E-state index contributed by atoms with van der Waals surface area (Å²) in [4.78, 5) is 52.6. The molecule has 5 aliphatic rings. The Labute approximate surface area is 427 Å². The van der Waals surface area contributed by atoms with Crippen molar-refractivity contribution in [2.45, 2.75) is 199 Å². The molecule has 14 nitrogen and oxygen atoms in total. The Morgan fingerprint density at radius 3 is 2.14 bits per heavy atom. The first-order chi connectivity index (χ1) is 30.1. The van der Waals surface area contributed by atoms with Crippen molar-refractivity contribution in [2.75, 3.05) is 0 Å². The van der Waals surface area contributed by atoms with Crippen molar-refractivity contribution in [1.29, 1.82) is 0 Å². The zero-order valence-electron chi connectivity index (χ0n) is 40.5. The van der Waals surface area contributed by atoms with Gasteiger partial charge in [0.05, 0.1) is 59.0 Å². The summed E-state index contributed by atoms with van der Waals surface area (Å²) >= 11 is 0. The number of aliphatic carboxylic acids is 1. The second-order valence-electron chi connectivity index (χ2n) is 20.1. The van der Waals surface area contributed by atoms with Gasteiger partial charge < -0.3 is 53.6 Å². The number of aromatic carboxylic acids is 1. The van der Waals surface area contributed by atoms with Gasteiger partial charge in [-0.05, 0) is 108 Å². The van der Waals surface area contributed by atoms with E-state index in [1.54, 1.807) is 32.1 Å². The van der Waals surface area contributed by atoms with Gasteiger partial charge in [-0.15, -0.1) is 0 Å². The number of aliphatic hydroxyl groups excluding tert-OH is 1. The van der Waals surface area contributed by atoms with Gasteiger partial charge in [-0.2, -0.15) is 0 Å². The molecule has 5 aliphatic heterocycles. The second-order valence-corrected chi connectivity index (χ2v) is 20.1. The maximum atomic E-state index is 14.7. The van der Waals surface area contributed by atoms with Crippen molar-refractivity contribution in [3.63, 3.8) is 0 Å². The number of carboxylic acid groups (broad SMARTS) is 2. The number of rotatable bonds is 15. The zero-order chi connectivity index (χ0) is 47.1. The van der Waals surface area contributed by atoms with Crippen LogP contribution in [0.25, 0.3) is 0 Å². The number of carboxylic acids is 2. The molecule has 0 aliphatic carbocycles. The van der Waals surface area contributed by atoms with E-state index in [0.717, 1.165) is 6.42 Å². The van der Waals surface area contributed by atoms with E-state index < -0.39 is 107 Å². The van der Waals surface area contributed by atoms with E-state index in [1.807, 2.05) is 55.4 Å². The number of carbonyl (C=O) groups is 4. The van der Waals surface area contributed by atoms with Crippen LogP contribution < -0.4 is 56.5 Å². The Balaban J connectivity index is 0.00000793. The van der Waals surface area contributed by atoms with E-state index in [1.165, 1.54) is 18.2 Å². The van der Waals surface area contributed by atoms with Crippen LogP contribution in [0.2, 0.25) is 0 Å². The molecule has 0 radical (unpaired) electrons. The van der Waals surface area contributed by atoms with Crippen molar-refractivity contribution < 1.29 is 119 Å². The Morgan fingerprint density at radius 1 is 0.877 bits per heavy atom. The van der Waals surface area contributed by atoms with E-state index in [9.17, 15) is 39.6 Å². The molecule has 15 heteroatoms. The number of esters is 1. The summed E-state index contributed by atoms with van der Waals surface area (Å²) in [5.74, 6) is -9.52. The first kappa shape index (κ1) is 54.3. The van der Waals surface area contributed by atoms with Crippen molar-refractivity contribution >= 4 is 23.7 Å². The minimum absolute atomic E-state index is 0. The minimum atomic E-state index is -1.62. The first-order valence-electron chi connectivity index (χ1n) is 23.9. The van der Waals surface area contributed by atoms with Gasteiger partial charge in [0.15, 0.2) is 11.9 Å². The van der Waals surface area contributed by atoms with Crippen molar-refractivity contribution in [3.05, 3.63) is 47.5 Å². The molecule has 65 heavy (non-hydrogen) atoms. The Hall–Kier alpha value is -1.60. The average molecular weight is 937 g/mol. The molecule has 3 N–H and O–H groups in total. The van der Waals surface area contributed by atoms with Gasteiger partial charge in [-0.3, -0.25) is 4.79 Å². The predicted octanol–water partition coefficient (Wildman–Crippen LogP) is 3.42. The minimum Gasteiger partial charge on any atom is -0.550 e. The van der Waals surface area contributed by atoms with E-state index >= 15 is 0 Å². The first-order valence-corrected chi connectivity index (χ1v) is 23.9. The Morgan fingerprint density at radius 2 is 1.54 bits per heavy atom. The van der Waals surface area contributed by atoms with Crippen LogP contribution in [0.1, 0.15) is 154 Å². The summed E-state index contributed by atoms with van der Waals surface area (Å²) in [5.41, 5.74) is -2.26. The van der Waals surface area contributed by atoms with Crippen LogP contribution in [-0.2, 0) is 38.0 Å². The number of carbonyl (C=O) groups excluding carboxylic acids is 3. The second kappa shape index (κ2) is 21.6. The van der Waals surface area contributed by atoms with Crippen molar-refractivity contribution in [2.24, 2.45) is 41.4 Å². The molecule has 18 atom stereocenters. The number of benzene rings is 1. The average Bonchev–Trinajstić information content (AvgIpc) is 3.61. The topological polar surface area (TPSA) is 207 Å². The van der Waals surface area contributed by atoms with Crippen LogP contribution in [0.3, 0.4) is 0 Å². The van der Waals surface area contributed by atoms with Crippen LogP contribution in [0, 0.1) is 41.4 Å². The number of ketones is 1. The molecule has 0 aromatic heterocycles. The van der Waals surface area contributed by atoms with Gasteiger partial charge in [0.2, 0.25) is 5.79 Å². The fraction of sp³-hybridized carbons (Fsp3) is 0.760. The van der Waals surface area contributed by atoms with Gasteiger partial charge in [0.25, 0.3) is 0 Å². The standard InChI is InChI=1S/C50H74O14.K/c1-11-33(44(53)54)37-19-18-27(4)42(60-37)31(8)40(51)30(7)41(52)34(12-2)43-28(5)26-29(6)49(62-43)23-21-39(61-46(57)36-17-15-14-16-35(36)45(55)56)50(64-49)25-24-47(10,63-50)38-20-22-48(58,13-3)32(9)59-38;/h14-17,21,23,27-34,37-40,42-43,51,58H,11-13,18-20,22,24-26H2,1-10H3,(H,53,54)(H,55,56);/q;+1/p-1/t27-,28-,29+,30-,31-,32-,33+,34-,37+,38+,39+,40+,42+,43-,47-,48+,49-,50-;/m0./s1. The molecule has 1 aromatic carbocycles. The maximum absolute atomic E-state index is 14.7. The molecule has 4 saturated heterocycles. The number of ether oxygens (including phenoxy) is 6. The summed E-state index contributed by atoms with van der Waals surface area (Å²) in [6.45, 7) is 19.1. The number of hydrogen-bond acceptors (Lipinski definition) is 13.